The molecular formula is C38H32Cl2F2N4O10. The van der Waals surface area contributed by atoms with E-state index in [1.807, 2.05) is 0 Å². The molecule has 1 atom stereocenters. The molecule has 0 bridgehead atoms. The molecule has 0 radical (unpaired) electrons. The Morgan fingerprint density at radius 2 is 1.25 bits per heavy atom. The number of carboxylic acids is 2. The van der Waals surface area contributed by atoms with Gasteiger partial charge in [-0.15, -0.1) is 0 Å². The molecule has 0 spiro atoms. The maximum Gasteiger partial charge on any atom is 0.355 e. The number of carboxylic acid groups (broad SMARTS) is 2. The summed E-state index contributed by atoms with van der Waals surface area (Å²) in [6, 6.07) is 14.2. The summed E-state index contributed by atoms with van der Waals surface area (Å²) >= 11 is 13.9. The number of amides is 2. The molecule has 292 valence electrons. The van der Waals surface area contributed by atoms with Crippen LogP contribution in [0.2, 0.25) is 10.0 Å². The van der Waals surface area contributed by atoms with Crippen molar-refractivity contribution in [1.82, 2.24) is 10.6 Å². The van der Waals surface area contributed by atoms with E-state index in [2.05, 4.69) is 10.6 Å². The number of benzene rings is 4. The second-order valence-corrected chi connectivity index (χ2v) is 13.2. The number of halogens is 4. The van der Waals surface area contributed by atoms with Crippen LogP contribution in [0.3, 0.4) is 0 Å². The number of nitrogens with zero attached hydrogens (tertiary/aromatic N) is 2. The number of fused-ring (bicyclic) bond motifs is 2. The SMILES string of the molecule is O=C(O)/C(=C\O)NCCN1C(=O)COc2cc(-c3cccc(-c4cccc(-c5cc(F)c6c(c5)OCC(=O)N6CCNC(CO)C(=O)O)c4Cl)c3Cl)cc(F)c21. The Hall–Kier alpha value is -5.94. The maximum absolute atomic E-state index is 15.8. The number of anilines is 2. The summed E-state index contributed by atoms with van der Waals surface area (Å²) in [4.78, 5) is 50.0. The van der Waals surface area contributed by atoms with Crippen LogP contribution in [0.5, 0.6) is 11.5 Å². The highest BCUT2D eigenvalue weighted by molar-refractivity contribution is 6.39. The Labute approximate surface area is 327 Å². The molecule has 2 aliphatic rings. The molecule has 1 unspecified atom stereocenters. The predicted molar refractivity (Wildman–Crippen MR) is 201 cm³/mol. The molecule has 0 saturated heterocycles. The quantitative estimate of drug-likeness (QED) is 0.0751. The average Bonchev–Trinajstić information content (AvgIpc) is 3.16. The van der Waals surface area contributed by atoms with Gasteiger partial charge in [-0.1, -0.05) is 59.6 Å². The fourth-order valence-corrected chi connectivity index (χ4v) is 7.02. The van der Waals surface area contributed by atoms with Gasteiger partial charge in [0, 0.05) is 48.4 Å². The van der Waals surface area contributed by atoms with E-state index < -0.39 is 66.9 Å². The van der Waals surface area contributed by atoms with Gasteiger partial charge in [0.2, 0.25) is 0 Å². The molecule has 4 aromatic carbocycles. The zero-order valence-corrected chi connectivity index (χ0v) is 30.5. The summed E-state index contributed by atoms with van der Waals surface area (Å²) in [6.07, 6.45) is 0.372. The van der Waals surface area contributed by atoms with E-state index in [4.69, 9.17) is 48.0 Å². The Bertz CT molecular complexity index is 2270. The van der Waals surface area contributed by atoms with Crippen LogP contribution in [0.4, 0.5) is 20.2 Å². The minimum absolute atomic E-state index is 0.0417. The normalized spacial score (nSPS) is 14.4. The standard InChI is InChI=1S/C38H32Cl2F2N4O10/c39-33-21(19-11-25(41)35-29(13-19)55-17-31(49)45(35)9-7-43-27(15-47)37(51)52)3-1-5-23(33)24-6-2-4-22(34(24)40)20-12-26(42)36-30(14-20)56-18-32(50)46(36)10-8-44-28(16-48)38(53)54/h1-6,11-15,28,43-44,47-48H,7-10,16-18H2,(H,51,52)(H,53,54)/b27-15+. The summed E-state index contributed by atoms with van der Waals surface area (Å²) in [5.41, 5.74) is 1.51. The Morgan fingerprint density at radius 3 is 1.68 bits per heavy atom. The molecule has 6 rings (SSSR count). The van der Waals surface area contributed by atoms with Gasteiger partial charge in [0.05, 0.1) is 16.7 Å². The Morgan fingerprint density at radius 1 is 0.786 bits per heavy atom. The third-order valence-corrected chi connectivity index (χ3v) is 9.84. The lowest BCUT2D eigenvalue weighted by atomic mass is 9.95. The number of hydrogen-bond acceptors (Lipinski definition) is 10. The molecule has 14 nitrogen and oxygen atoms in total. The average molecular weight is 814 g/mol. The van der Waals surface area contributed by atoms with Gasteiger partial charge < -0.3 is 50.3 Å². The molecule has 18 heteroatoms. The molecule has 2 heterocycles. The number of hydrogen-bond donors (Lipinski definition) is 6. The number of nitrogens with one attached hydrogen (secondary N) is 2. The van der Waals surface area contributed by atoms with E-state index in [0.717, 1.165) is 9.80 Å². The van der Waals surface area contributed by atoms with Crippen molar-refractivity contribution < 1.29 is 57.9 Å². The molecule has 6 N–H and O–H groups in total. The van der Waals surface area contributed by atoms with Crippen LogP contribution in [0.25, 0.3) is 33.4 Å². The zero-order chi connectivity index (χ0) is 40.3. The molecule has 56 heavy (non-hydrogen) atoms. The fourth-order valence-electron chi connectivity index (χ4n) is 6.35. The van der Waals surface area contributed by atoms with Crippen LogP contribution in [0, 0.1) is 11.6 Å². The van der Waals surface area contributed by atoms with Crippen molar-refractivity contribution in [3.8, 4) is 44.9 Å². The van der Waals surface area contributed by atoms with Crippen LogP contribution in [0.1, 0.15) is 0 Å². The number of aliphatic hydroxyl groups is 2. The van der Waals surface area contributed by atoms with E-state index in [9.17, 15) is 24.3 Å². The smallest absolute Gasteiger partial charge is 0.355 e. The number of carbonyl (C=O) groups excluding carboxylic acids is 2. The highest BCUT2D eigenvalue weighted by Crippen LogP contribution is 2.46. The lowest BCUT2D eigenvalue weighted by Gasteiger charge is -2.30. The molecule has 0 saturated carbocycles. The monoisotopic (exact) mass is 812 g/mol. The van der Waals surface area contributed by atoms with Crippen molar-refractivity contribution in [3.63, 3.8) is 0 Å². The van der Waals surface area contributed by atoms with Gasteiger partial charge in [0.1, 0.15) is 35.2 Å². The number of carbonyl (C=O) groups is 4. The molecule has 2 aliphatic heterocycles. The molecule has 2 amide bonds. The first-order valence-corrected chi connectivity index (χ1v) is 17.6. The van der Waals surface area contributed by atoms with Crippen molar-refractivity contribution in [2.24, 2.45) is 0 Å². The van der Waals surface area contributed by atoms with E-state index in [-0.39, 0.29) is 59.1 Å². The first-order chi connectivity index (χ1) is 26.8. The highest BCUT2D eigenvalue weighted by atomic mass is 35.5. The summed E-state index contributed by atoms with van der Waals surface area (Å²) in [7, 11) is 0. The Kier molecular flexibility index (Phi) is 11.9. The summed E-state index contributed by atoms with van der Waals surface area (Å²) in [6.45, 7) is -1.91. The highest BCUT2D eigenvalue weighted by Gasteiger charge is 2.32. The molecule has 0 fully saturated rings. The second kappa shape index (κ2) is 16.8. The topological polar surface area (TPSA) is 198 Å². The summed E-state index contributed by atoms with van der Waals surface area (Å²) in [5.74, 6) is -5.33. The van der Waals surface area contributed by atoms with Crippen LogP contribution >= 0.6 is 23.2 Å². The van der Waals surface area contributed by atoms with Crippen molar-refractivity contribution in [1.29, 1.82) is 0 Å². The molecule has 4 aromatic rings. The van der Waals surface area contributed by atoms with Crippen LogP contribution in [0.15, 0.2) is 72.6 Å². The second-order valence-electron chi connectivity index (χ2n) is 12.4. The van der Waals surface area contributed by atoms with Gasteiger partial charge >= 0.3 is 11.9 Å². The van der Waals surface area contributed by atoms with Crippen LogP contribution in [-0.4, -0.2) is 96.2 Å². The van der Waals surface area contributed by atoms with Crippen molar-refractivity contribution in [3.05, 3.63) is 94.3 Å². The number of ether oxygens (including phenoxy) is 2. The molecule has 0 aromatic heterocycles. The van der Waals surface area contributed by atoms with Gasteiger partial charge in [-0.2, -0.15) is 0 Å². The predicted octanol–water partition coefficient (Wildman–Crippen LogP) is 4.83. The maximum atomic E-state index is 15.8. The van der Waals surface area contributed by atoms with Gasteiger partial charge in [0.15, 0.2) is 30.5 Å². The van der Waals surface area contributed by atoms with Gasteiger partial charge in [-0.05, 0) is 35.4 Å². The van der Waals surface area contributed by atoms with Crippen LogP contribution < -0.4 is 29.9 Å². The van der Waals surface area contributed by atoms with Crippen molar-refractivity contribution in [2.45, 2.75) is 6.04 Å². The summed E-state index contributed by atoms with van der Waals surface area (Å²) < 4.78 is 42.8. The number of aliphatic hydroxyl groups excluding tert-OH is 2. The fraction of sp³-hybridized carbons (Fsp3) is 0.211. The van der Waals surface area contributed by atoms with Gasteiger partial charge in [0.25, 0.3) is 11.8 Å². The van der Waals surface area contributed by atoms with E-state index in [1.165, 1.54) is 24.3 Å². The lowest BCUT2D eigenvalue weighted by Crippen LogP contribution is -2.47. The number of aliphatic carboxylic acids is 2. The van der Waals surface area contributed by atoms with Crippen molar-refractivity contribution >= 4 is 58.3 Å². The molecular weight excluding hydrogens is 781 g/mol. The summed E-state index contributed by atoms with van der Waals surface area (Å²) in [5, 5.41) is 42.1. The largest absolute Gasteiger partial charge is 0.513 e. The van der Waals surface area contributed by atoms with E-state index >= 15 is 8.78 Å². The van der Waals surface area contributed by atoms with Crippen LogP contribution in [-0.2, 0) is 19.2 Å². The number of rotatable bonds is 14. The van der Waals surface area contributed by atoms with E-state index in [1.54, 1.807) is 36.4 Å². The van der Waals surface area contributed by atoms with E-state index in [0.29, 0.717) is 39.6 Å². The van der Waals surface area contributed by atoms with Gasteiger partial charge in [-0.3, -0.25) is 14.4 Å². The lowest BCUT2D eigenvalue weighted by molar-refractivity contribution is -0.140. The first-order valence-electron chi connectivity index (χ1n) is 16.8. The third-order valence-electron chi connectivity index (χ3n) is 9.03. The zero-order valence-electron chi connectivity index (χ0n) is 29.0. The minimum atomic E-state index is -1.42. The molecule has 0 aliphatic carbocycles. The van der Waals surface area contributed by atoms with Gasteiger partial charge in [-0.25, -0.2) is 13.6 Å². The minimum Gasteiger partial charge on any atom is -0.513 e. The Balaban J connectivity index is 1.29. The first kappa shape index (κ1) is 39.7. The third kappa shape index (κ3) is 7.90. The van der Waals surface area contributed by atoms with Crippen molar-refractivity contribution in [2.75, 3.05) is 55.8 Å².